The minimum Gasteiger partial charge on any atom is -0.493 e. The summed E-state index contributed by atoms with van der Waals surface area (Å²) in [6.07, 6.45) is -0.497. The van der Waals surface area contributed by atoms with E-state index in [9.17, 15) is 17.9 Å². The molecule has 33 heavy (non-hydrogen) atoms. The highest BCUT2D eigenvalue weighted by Crippen LogP contribution is 2.38. The quantitative estimate of drug-likeness (QED) is 0.520. The van der Waals surface area contributed by atoms with E-state index in [0.717, 1.165) is 5.56 Å². The van der Waals surface area contributed by atoms with Gasteiger partial charge in [0.05, 0.1) is 32.8 Å². The molecule has 0 amide bonds. The SMILES string of the molecule is COc1cc(CN(CC(O)COc2ccccc2F)C2CCS(=O)(=O)C2)cc(OC)c1OC. The average molecular weight is 484 g/mol. The first-order valence-electron chi connectivity index (χ1n) is 10.5. The zero-order valence-corrected chi connectivity index (χ0v) is 19.8. The normalized spacial score (nSPS) is 18.2. The number of para-hydroxylation sites is 1. The van der Waals surface area contributed by atoms with Crippen LogP contribution < -0.4 is 18.9 Å². The molecule has 1 aliphatic heterocycles. The first-order valence-corrected chi connectivity index (χ1v) is 12.4. The monoisotopic (exact) mass is 483 g/mol. The van der Waals surface area contributed by atoms with Gasteiger partial charge in [-0.25, -0.2) is 12.8 Å². The van der Waals surface area contributed by atoms with Crippen molar-refractivity contribution in [3.8, 4) is 23.0 Å². The van der Waals surface area contributed by atoms with E-state index in [1.807, 2.05) is 4.90 Å². The largest absolute Gasteiger partial charge is 0.493 e. The predicted octanol–water partition coefficient (Wildman–Crippen LogP) is 2.28. The molecule has 0 aliphatic carbocycles. The summed E-state index contributed by atoms with van der Waals surface area (Å²) in [6.45, 7) is 0.352. The van der Waals surface area contributed by atoms with Gasteiger partial charge in [0.2, 0.25) is 5.75 Å². The molecule has 182 valence electrons. The highest BCUT2D eigenvalue weighted by Gasteiger charge is 2.33. The highest BCUT2D eigenvalue weighted by atomic mass is 32.2. The van der Waals surface area contributed by atoms with Crippen LogP contribution in [0.4, 0.5) is 4.39 Å². The highest BCUT2D eigenvalue weighted by molar-refractivity contribution is 7.91. The maximum Gasteiger partial charge on any atom is 0.203 e. The smallest absolute Gasteiger partial charge is 0.203 e. The molecule has 2 aromatic rings. The Kier molecular flexibility index (Phi) is 8.39. The summed E-state index contributed by atoms with van der Waals surface area (Å²) in [5.41, 5.74) is 0.802. The predicted molar refractivity (Wildman–Crippen MR) is 121 cm³/mol. The maximum absolute atomic E-state index is 13.8. The molecule has 3 rings (SSSR count). The number of rotatable bonds is 11. The van der Waals surface area contributed by atoms with Gasteiger partial charge in [0, 0.05) is 19.1 Å². The molecule has 1 heterocycles. The van der Waals surface area contributed by atoms with E-state index in [-0.39, 0.29) is 36.4 Å². The number of hydrogen-bond donors (Lipinski definition) is 1. The van der Waals surface area contributed by atoms with E-state index in [2.05, 4.69) is 0 Å². The van der Waals surface area contributed by atoms with Gasteiger partial charge in [-0.1, -0.05) is 12.1 Å². The van der Waals surface area contributed by atoms with Gasteiger partial charge in [0.1, 0.15) is 12.7 Å². The number of benzene rings is 2. The number of sulfone groups is 1. The molecule has 1 fully saturated rings. The van der Waals surface area contributed by atoms with Gasteiger partial charge in [-0.05, 0) is 36.2 Å². The summed E-state index contributed by atoms with van der Waals surface area (Å²) < 4.78 is 59.6. The lowest BCUT2D eigenvalue weighted by molar-refractivity contribution is 0.0513. The first kappa shape index (κ1) is 25.1. The molecular formula is C23H30FNO7S. The second-order valence-corrected chi connectivity index (χ2v) is 10.1. The standard InChI is InChI=1S/C23H30FNO7S/c1-29-21-10-16(11-22(30-2)23(21)31-3)12-25(17-8-9-33(27,28)15-17)13-18(26)14-32-20-7-5-4-6-19(20)24/h4-7,10-11,17-18,26H,8-9,12-15H2,1-3H3. The fraction of sp³-hybridized carbons (Fsp3) is 0.478. The fourth-order valence-electron chi connectivity index (χ4n) is 3.94. The summed E-state index contributed by atoms with van der Waals surface area (Å²) in [4.78, 5) is 1.90. The van der Waals surface area contributed by atoms with Gasteiger partial charge < -0.3 is 24.1 Å². The Morgan fingerprint density at radius 1 is 1.09 bits per heavy atom. The van der Waals surface area contributed by atoms with Crippen LogP contribution in [0.15, 0.2) is 36.4 Å². The Labute approximate surface area is 193 Å². The van der Waals surface area contributed by atoms with Crippen LogP contribution in [0.3, 0.4) is 0 Å². The molecule has 2 aromatic carbocycles. The van der Waals surface area contributed by atoms with E-state index < -0.39 is 21.8 Å². The van der Waals surface area contributed by atoms with Crippen molar-refractivity contribution in [3.63, 3.8) is 0 Å². The Morgan fingerprint density at radius 2 is 1.76 bits per heavy atom. The number of halogens is 1. The van der Waals surface area contributed by atoms with Crippen molar-refractivity contribution >= 4 is 9.84 Å². The number of aliphatic hydroxyl groups is 1. The zero-order chi connectivity index (χ0) is 24.0. The van der Waals surface area contributed by atoms with Crippen molar-refractivity contribution in [3.05, 3.63) is 47.8 Å². The molecule has 0 saturated carbocycles. The zero-order valence-electron chi connectivity index (χ0n) is 19.0. The van der Waals surface area contributed by atoms with E-state index in [0.29, 0.717) is 30.2 Å². The summed E-state index contributed by atoms with van der Waals surface area (Å²) in [6, 6.07) is 9.28. The Morgan fingerprint density at radius 3 is 2.30 bits per heavy atom. The Hall–Kier alpha value is -2.56. The Bertz CT molecular complexity index is 1020. The summed E-state index contributed by atoms with van der Waals surface area (Å²) in [5, 5.41) is 10.6. The van der Waals surface area contributed by atoms with Crippen LogP contribution in [0.2, 0.25) is 0 Å². The molecule has 2 atom stereocenters. The van der Waals surface area contributed by atoms with Gasteiger partial charge in [0.25, 0.3) is 0 Å². The van der Waals surface area contributed by atoms with Crippen molar-refractivity contribution < 1.29 is 36.9 Å². The molecule has 8 nitrogen and oxygen atoms in total. The summed E-state index contributed by atoms with van der Waals surface area (Å²) >= 11 is 0. The lowest BCUT2D eigenvalue weighted by Crippen LogP contribution is -2.42. The van der Waals surface area contributed by atoms with Gasteiger partial charge in [-0.3, -0.25) is 4.90 Å². The van der Waals surface area contributed by atoms with Gasteiger partial charge in [0.15, 0.2) is 32.9 Å². The topological polar surface area (TPSA) is 94.5 Å². The minimum atomic E-state index is -3.14. The number of hydrogen-bond acceptors (Lipinski definition) is 8. The van der Waals surface area contributed by atoms with Crippen molar-refractivity contribution in [1.29, 1.82) is 0 Å². The number of aliphatic hydroxyl groups excluding tert-OH is 1. The molecule has 0 radical (unpaired) electrons. The lowest BCUT2D eigenvalue weighted by Gasteiger charge is -2.30. The van der Waals surface area contributed by atoms with E-state index in [4.69, 9.17) is 18.9 Å². The van der Waals surface area contributed by atoms with Gasteiger partial charge in [-0.2, -0.15) is 0 Å². The van der Waals surface area contributed by atoms with Crippen LogP contribution in [0.5, 0.6) is 23.0 Å². The first-order chi connectivity index (χ1) is 15.8. The Balaban J connectivity index is 1.78. The summed E-state index contributed by atoms with van der Waals surface area (Å²) in [5.74, 6) is 1.07. The number of methoxy groups -OCH3 is 3. The number of ether oxygens (including phenoxy) is 4. The van der Waals surface area contributed by atoms with Crippen LogP contribution in [-0.2, 0) is 16.4 Å². The van der Waals surface area contributed by atoms with Crippen molar-refractivity contribution in [2.45, 2.75) is 25.1 Å². The van der Waals surface area contributed by atoms with Crippen LogP contribution in [0.25, 0.3) is 0 Å². The number of nitrogens with zero attached hydrogens (tertiary/aromatic N) is 1. The summed E-state index contributed by atoms with van der Waals surface area (Å²) in [7, 11) is 1.42. The van der Waals surface area contributed by atoms with Crippen LogP contribution in [-0.4, -0.2) is 76.6 Å². The van der Waals surface area contributed by atoms with Crippen molar-refractivity contribution in [2.24, 2.45) is 0 Å². The van der Waals surface area contributed by atoms with Crippen LogP contribution in [0, 0.1) is 5.82 Å². The van der Waals surface area contributed by atoms with E-state index in [1.165, 1.54) is 33.5 Å². The second-order valence-electron chi connectivity index (χ2n) is 7.92. The van der Waals surface area contributed by atoms with E-state index >= 15 is 0 Å². The fourth-order valence-corrected chi connectivity index (χ4v) is 5.70. The van der Waals surface area contributed by atoms with Crippen LogP contribution in [0.1, 0.15) is 12.0 Å². The third-order valence-corrected chi connectivity index (χ3v) is 7.30. The van der Waals surface area contributed by atoms with Crippen LogP contribution >= 0.6 is 0 Å². The van der Waals surface area contributed by atoms with Crippen molar-refractivity contribution in [2.75, 3.05) is 46.0 Å². The average Bonchev–Trinajstić information content (AvgIpc) is 3.16. The molecule has 2 unspecified atom stereocenters. The third-order valence-electron chi connectivity index (χ3n) is 5.55. The molecule has 0 bridgehead atoms. The lowest BCUT2D eigenvalue weighted by atomic mass is 10.1. The molecule has 1 aliphatic rings. The third kappa shape index (κ3) is 6.49. The minimum absolute atomic E-state index is 0.0122. The molecule has 10 heteroatoms. The second kappa shape index (κ2) is 11.0. The van der Waals surface area contributed by atoms with Gasteiger partial charge >= 0.3 is 0 Å². The molecular weight excluding hydrogens is 453 g/mol. The maximum atomic E-state index is 13.8. The molecule has 1 N–H and O–H groups in total. The van der Waals surface area contributed by atoms with Gasteiger partial charge in [-0.15, -0.1) is 0 Å². The molecule has 0 spiro atoms. The molecule has 1 saturated heterocycles. The van der Waals surface area contributed by atoms with Crippen molar-refractivity contribution in [1.82, 2.24) is 4.90 Å². The van der Waals surface area contributed by atoms with E-state index in [1.54, 1.807) is 24.3 Å². The molecule has 0 aromatic heterocycles.